The average molecular weight is 417 g/mol. The van der Waals surface area contributed by atoms with Crippen LogP contribution in [0, 0.1) is 0 Å². The Hall–Kier alpha value is -1.69. The normalized spacial score (nSPS) is 22.3. The Balaban J connectivity index is 1.50. The van der Waals surface area contributed by atoms with Crippen molar-refractivity contribution in [3.05, 3.63) is 63.9 Å². The van der Waals surface area contributed by atoms with Gasteiger partial charge in [0.15, 0.2) is 0 Å². The molecule has 2 aliphatic heterocycles. The molecule has 148 valence electrons. The number of halogens is 1. The van der Waals surface area contributed by atoms with E-state index in [-0.39, 0.29) is 11.3 Å². The van der Waals surface area contributed by atoms with Crippen LogP contribution in [0.5, 0.6) is 0 Å². The number of hydrogen-bond donors (Lipinski definition) is 0. The molecular formula is C22H25ClN2O2S. The second kappa shape index (κ2) is 9.21. The number of rotatable bonds is 6. The summed E-state index contributed by atoms with van der Waals surface area (Å²) in [6.07, 6.45) is 8.38. The topological polar surface area (TPSA) is 36.7 Å². The number of likely N-dealkylation sites (tertiary alicyclic amines) is 1. The third-order valence-corrected chi connectivity index (χ3v) is 6.80. The average Bonchev–Trinajstić information content (AvgIpc) is 3.32. The van der Waals surface area contributed by atoms with Gasteiger partial charge in [-0.25, -0.2) is 0 Å². The Morgan fingerprint density at radius 2 is 2.00 bits per heavy atom. The quantitative estimate of drug-likeness (QED) is 0.589. The third-order valence-electron chi connectivity index (χ3n) is 5.27. The molecule has 4 rings (SSSR count). The van der Waals surface area contributed by atoms with Gasteiger partial charge < -0.3 is 14.2 Å². The lowest BCUT2D eigenvalue weighted by Gasteiger charge is -2.28. The first-order valence-corrected chi connectivity index (χ1v) is 11.2. The molecule has 0 radical (unpaired) electrons. The van der Waals surface area contributed by atoms with Gasteiger partial charge in [0.25, 0.3) is 5.91 Å². The van der Waals surface area contributed by atoms with Gasteiger partial charge in [0.2, 0.25) is 0 Å². The number of hydrogen-bond acceptors (Lipinski definition) is 4. The number of amides is 1. The van der Waals surface area contributed by atoms with Crippen molar-refractivity contribution in [2.45, 2.75) is 31.1 Å². The molecule has 0 bridgehead atoms. The first-order valence-electron chi connectivity index (χ1n) is 9.91. The number of carbonyl (C=O) groups is 1. The van der Waals surface area contributed by atoms with Gasteiger partial charge in [-0.15, -0.1) is 0 Å². The summed E-state index contributed by atoms with van der Waals surface area (Å²) in [7, 11) is 0. The monoisotopic (exact) mass is 416 g/mol. The molecule has 6 heteroatoms. The number of carbonyl (C=O) groups excluding carboxylic acids is 1. The molecule has 1 atom stereocenters. The van der Waals surface area contributed by atoms with Gasteiger partial charge in [-0.1, -0.05) is 41.9 Å². The molecule has 2 aliphatic rings. The molecule has 1 aromatic heterocycles. The fraction of sp³-hybridized carbons (Fsp3) is 0.409. The van der Waals surface area contributed by atoms with Crippen molar-refractivity contribution in [3.63, 3.8) is 0 Å². The Morgan fingerprint density at radius 1 is 1.14 bits per heavy atom. The van der Waals surface area contributed by atoms with Crippen LogP contribution in [0.4, 0.5) is 0 Å². The van der Waals surface area contributed by atoms with E-state index in [9.17, 15) is 4.79 Å². The van der Waals surface area contributed by atoms with Crippen molar-refractivity contribution in [2.24, 2.45) is 0 Å². The first kappa shape index (κ1) is 19.6. The maximum absolute atomic E-state index is 13.1. The van der Waals surface area contributed by atoms with Crippen molar-refractivity contribution in [1.82, 2.24) is 9.80 Å². The van der Waals surface area contributed by atoms with Gasteiger partial charge >= 0.3 is 0 Å². The van der Waals surface area contributed by atoms with Gasteiger partial charge in [-0.05, 0) is 74.8 Å². The zero-order valence-electron chi connectivity index (χ0n) is 15.9. The zero-order chi connectivity index (χ0) is 19.3. The van der Waals surface area contributed by atoms with Crippen molar-refractivity contribution < 1.29 is 9.21 Å². The summed E-state index contributed by atoms with van der Waals surface area (Å²) < 4.78 is 5.41. The van der Waals surface area contributed by atoms with Crippen molar-refractivity contribution in [2.75, 3.05) is 26.2 Å². The summed E-state index contributed by atoms with van der Waals surface area (Å²) in [5.74, 6) is 0.779. The maximum Gasteiger partial charge on any atom is 0.261 e. The van der Waals surface area contributed by atoms with E-state index >= 15 is 0 Å². The fourth-order valence-corrected chi connectivity index (χ4v) is 5.31. The number of thioether (sulfide) groups is 1. The van der Waals surface area contributed by atoms with Crippen LogP contribution < -0.4 is 0 Å². The first-order chi connectivity index (χ1) is 13.7. The highest BCUT2D eigenvalue weighted by Crippen LogP contribution is 2.46. The number of benzene rings is 1. The molecule has 1 aromatic carbocycles. The van der Waals surface area contributed by atoms with E-state index in [1.165, 1.54) is 32.4 Å². The van der Waals surface area contributed by atoms with Crippen LogP contribution in [-0.4, -0.2) is 41.9 Å². The largest absolute Gasteiger partial charge is 0.465 e. The summed E-state index contributed by atoms with van der Waals surface area (Å²) in [5.41, 5.74) is 1.06. The molecule has 28 heavy (non-hydrogen) atoms. The highest BCUT2D eigenvalue weighted by molar-refractivity contribution is 8.04. The summed E-state index contributed by atoms with van der Waals surface area (Å²) in [5, 5.41) is 0.649. The Morgan fingerprint density at radius 3 is 2.75 bits per heavy atom. The number of piperidine rings is 1. The van der Waals surface area contributed by atoms with Crippen LogP contribution >= 0.6 is 23.4 Å². The molecule has 0 spiro atoms. The summed E-state index contributed by atoms with van der Waals surface area (Å²) in [6, 6.07) is 11.5. The van der Waals surface area contributed by atoms with Gasteiger partial charge in [0, 0.05) is 11.6 Å². The predicted molar refractivity (Wildman–Crippen MR) is 115 cm³/mol. The Kier molecular flexibility index (Phi) is 6.45. The highest BCUT2D eigenvalue weighted by Gasteiger charge is 2.37. The SMILES string of the molecule is O=C1C(=Cc2ccco2)S[C@H](c2cccc(Cl)c2)N1CCCN1CCCCC1. The Bertz CT molecular complexity index is 831. The Labute approximate surface area is 175 Å². The van der Waals surface area contributed by atoms with E-state index < -0.39 is 0 Å². The van der Waals surface area contributed by atoms with Gasteiger partial charge in [0.1, 0.15) is 11.1 Å². The third kappa shape index (κ3) is 4.65. The molecule has 0 aliphatic carbocycles. The minimum absolute atomic E-state index is 0.0474. The van der Waals surface area contributed by atoms with Crippen molar-refractivity contribution >= 4 is 35.3 Å². The van der Waals surface area contributed by atoms with Gasteiger partial charge in [0.05, 0.1) is 11.2 Å². The summed E-state index contributed by atoms with van der Waals surface area (Å²) in [6.45, 7) is 4.16. The van der Waals surface area contributed by atoms with E-state index in [2.05, 4.69) is 4.90 Å². The zero-order valence-corrected chi connectivity index (χ0v) is 17.4. The fourth-order valence-electron chi connectivity index (χ4n) is 3.86. The molecule has 1 amide bonds. The van der Waals surface area contributed by atoms with E-state index in [4.69, 9.17) is 16.0 Å². The second-order valence-corrected chi connectivity index (χ2v) is 8.86. The predicted octanol–water partition coefficient (Wildman–Crippen LogP) is 5.42. The lowest BCUT2D eigenvalue weighted by atomic mass is 10.1. The minimum atomic E-state index is -0.0474. The van der Waals surface area contributed by atoms with Crippen LogP contribution in [0.3, 0.4) is 0 Å². The molecular weight excluding hydrogens is 392 g/mol. The summed E-state index contributed by atoms with van der Waals surface area (Å²) >= 11 is 7.79. The molecule has 4 nitrogen and oxygen atoms in total. The van der Waals surface area contributed by atoms with Crippen molar-refractivity contribution in [3.8, 4) is 0 Å². The molecule has 3 heterocycles. The van der Waals surface area contributed by atoms with Crippen LogP contribution in [0.25, 0.3) is 6.08 Å². The second-order valence-electron chi connectivity index (χ2n) is 7.30. The van der Waals surface area contributed by atoms with Crippen LogP contribution in [0.1, 0.15) is 42.4 Å². The number of furan rings is 1. The lowest BCUT2D eigenvalue weighted by Crippen LogP contribution is -2.34. The molecule has 2 aromatic rings. The molecule has 0 N–H and O–H groups in total. The van der Waals surface area contributed by atoms with E-state index in [0.717, 1.165) is 30.0 Å². The molecule has 0 saturated carbocycles. The number of nitrogens with zero attached hydrogens (tertiary/aromatic N) is 2. The van der Waals surface area contributed by atoms with Crippen molar-refractivity contribution in [1.29, 1.82) is 0 Å². The minimum Gasteiger partial charge on any atom is -0.465 e. The van der Waals surface area contributed by atoms with Crippen LogP contribution in [0.2, 0.25) is 5.02 Å². The molecule has 2 saturated heterocycles. The molecule has 2 fully saturated rings. The van der Waals surface area contributed by atoms with Crippen LogP contribution in [-0.2, 0) is 4.79 Å². The van der Waals surface area contributed by atoms with Gasteiger partial charge in [-0.3, -0.25) is 4.79 Å². The molecule has 0 unspecified atom stereocenters. The maximum atomic E-state index is 13.1. The summed E-state index contributed by atoms with van der Waals surface area (Å²) in [4.78, 5) is 18.4. The van der Waals surface area contributed by atoms with Gasteiger partial charge in [-0.2, -0.15) is 0 Å². The standard InChI is InChI=1S/C22H25ClN2O2S/c23-18-8-4-7-17(15-18)22-25(13-6-12-24-10-2-1-3-11-24)21(26)20(28-22)16-19-9-5-14-27-19/h4-5,7-9,14-16,22H,1-3,6,10-13H2/t22-/m1/s1. The van der Waals surface area contributed by atoms with E-state index in [0.29, 0.717) is 10.8 Å². The lowest BCUT2D eigenvalue weighted by molar-refractivity contribution is -0.126. The van der Waals surface area contributed by atoms with E-state index in [1.807, 2.05) is 47.4 Å². The smallest absolute Gasteiger partial charge is 0.261 e. The van der Waals surface area contributed by atoms with Crippen LogP contribution in [0.15, 0.2) is 52.0 Å². The van der Waals surface area contributed by atoms with E-state index in [1.54, 1.807) is 18.0 Å². The highest BCUT2D eigenvalue weighted by atomic mass is 35.5.